The van der Waals surface area contributed by atoms with E-state index in [1.165, 1.54) is 6.42 Å². The van der Waals surface area contributed by atoms with E-state index >= 15 is 0 Å². The predicted molar refractivity (Wildman–Crippen MR) is 86.3 cm³/mol. The quantitative estimate of drug-likeness (QED) is 0.692. The largest absolute Gasteiger partial charge is 0.343 e. The van der Waals surface area contributed by atoms with Crippen LogP contribution in [0.3, 0.4) is 0 Å². The highest BCUT2D eigenvalue weighted by Crippen LogP contribution is 2.64. The summed E-state index contributed by atoms with van der Waals surface area (Å²) in [7, 11) is 0. The van der Waals surface area contributed by atoms with Crippen LogP contribution in [-0.2, 0) is 9.59 Å². The number of piperidine rings is 1. The van der Waals surface area contributed by atoms with Gasteiger partial charge in [-0.2, -0.15) is 0 Å². The van der Waals surface area contributed by atoms with E-state index in [9.17, 15) is 9.59 Å². The minimum absolute atomic E-state index is 0.143. The van der Waals surface area contributed by atoms with Crippen LogP contribution >= 0.6 is 0 Å². The first-order valence-electron chi connectivity index (χ1n) is 9.36. The summed E-state index contributed by atoms with van der Waals surface area (Å²) in [6.45, 7) is 5.12. The molecule has 2 bridgehead atoms. The molecule has 0 aromatic rings. The van der Waals surface area contributed by atoms with Gasteiger partial charge in [0.25, 0.3) is 0 Å². The molecule has 4 fully saturated rings. The molecular formula is C19H26N2O2. The van der Waals surface area contributed by atoms with Crippen molar-refractivity contribution in [3.05, 3.63) is 12.2 Å². The Hall–Kier alpha value is -1.32. The normalized spacial score (nSPS) is 44.2. The first kappa shape index (κ1) is 14.1. The Labute approximate surface area is 137 Å². The Kier molecular flexibility index (Phi) is 2.96. The van der Waals surface area contributed by atoms with Crippen LogP contribution in [0.15, 0.2) is 12.2 Å². The first-order valence-corrected chi connectivity index (χ1v) is 9.36. The minimum Gasteiger partial charge on any atom is -0.343 e. The van der Waals surface area contributed by atoms with E-state index in [1.54, 1.807) is 6.92 Å². The zero-order valence-electron chi connectivity index (χ0n) is 13.9. The molecular weight excluding hydrogens is 288 g/mol. The van der Waals surface area contributed by atoms with Gasteiger partial charge in [0, 0.05) is 39.0 Å². The minimum atomic E-state index is 0.143. The van der Waals surface area contributed by atoms with E-state index in [0.717, 1.165) is 74.5 Å². The SMILES string of the molecule is CC(=O)N1CCC(C(=O)N2CC3[C@@H](C2)[C@H]2C=C[C@@H]3[C@@H]3C[C@H]23)CC1. The standard InChI is InChI=1S/C19H26N2O2/c1-11(22)20-6-4-12(5-7-20)19(23)21-9-17-13-2-3-14(18(17)10-21)16-8-15(13)16/h2-3,12-18H,4-10H2,1H3/t13-,14+,15+,16-,17-,18?/m0/s1. The first-order chi connectivity index (χ1) is 11.1. The highest BCUT2D eigenvalue weighted by molar-refractivity contribution is 5.80. The smallest absolute Gasteiger partial charge is 0.225 e. The third kappa shape index (κ3) is 2.03. The van der Waals surface area contributed by atoms with Gasteiger partial charge in [-0.1, -0.05) is 12.2 Å². The zero-order valence-corrected chi connectivity index (χ0v) is 13.9. The van der Waals surface area contributed by atoms with E-state index in [1.807, 2.05) is 4.90 Å². The van der Waals surface area contributed by atoms with Crippen LogP contribution in [0.5, 0.6) is 0 Å². The number of likely N-dealkylation sites (tertiary alicyclic amines) is 2. The van der Waals surface area contributed by atoms with Crippen molar-refractivity contribution in [2.75, 3.05) is 26.2 Å². The lowest BCUT2D eigenvalue weighted by Crippen LogP contribution is -2.43. The van der Waals surface area contributed by atoms with Crippen LogP contribution < -0.4 is 0 Å². The van der Waals surface area contributed by atoms with Crippen LogP contribution in [0, 0.1) is 41.4 Å². The molecule has 124 valence electrons. The second kappa shape index (κ2) is 4.84. The van der Waals surface area contributed by atoms with E-state index in [2.05, 4.69) is 17.1 Å². The summed E-state index contributed by atoms with van der Waals surface area (Å²) >= 11 is 0. The number of rotatable bonds is 1. The monoisotopic (exact) mass is 314 g/mol. The summed E-state index contributed by atoms with van der Waals surface area (Å²) in [5, 5.41) is 0. The third-order valence-electron chi connectivity index (χ3n) is 7.44. The number of amides is 2. The summed E-state index contributed by atoms with van der Waals surface area (Å²) in [6, 6.07) is 0. The molecule has 2 saturated heterocycles. The molecule has 0 N–H and O–H groups in total. The molecule has 0 aromatic heterocycles. The fraction of sp³-hybridized carbons (Fsp3) is 0.789. The highest BCUT2D eigenvalue weighted by atomic mass is 16.2. The van der Waals surface area contributed by atoms with E-state index in [-0.39, 0.29) is 11.8 Å². The molecule has 2 saturated carbocycles. The van der Waals surface area contributed by atoms with Gasteiger partial charge in [0.05, 0.1) is 0 Å². The van der Waals surface area contributed by atoms with Gasteiger partial charge >= 0.3 is 0 Å². The lowest BCUT2D eigenvalue weighted by molar-refractivity contribution is -0.139. The molecule has 2 heterocycles. The average Bonchev–Trinajstić information content (AvgIpc) is 3.26. The number of allylic oxidation sites excluding steroid dienone is 2. The molecule has 0 spiro atoms. The van der Waals surface area contributed by atoms with Crippen LogP contribution in [0.1, 0.15) is 26.2 Å². The van der Waals surface area contributed by atoms with Gasteiger partial charge in [-0.05, 0) is 54.8 Å². The Morgan fingerprint density at radius 2 is 1.43 bits per heavy atom. The maximum absolute atomic E-state index is 12.9. The summed E-state index contributed by atoms with van der Waals surface area (Å²) in [4.78, 5) is 28.5. The van der Waals surface area contributed by atoms with Crippen molar-refractivity contribution in [3.8, 4) is 0 Å². The van der Waals surface area contributed by atoms with Gasteiger partial charge in [0.1, 0.15) is 0 Å². The molecule has 2 amide bonds. The molecule has 4 heteroatoms. The Balaban J connectivity index is 1.25. The van der Waals surface area contributed by atoms with Gasteiger partial charge in [0.2, 0.25) is 11.8 Å². The molecule has 0 aromatic carbocycles. The second-order valence-corrected chi connectivity index (χ2v) is 8.45. The summed E-state index contributed by atoms with van der Waals surface area (Å²) < 4.78 is 0. The fourth-order valence-electron chi connectivity index (χ4n) is 6.13. The van der Waals surface area contributed by atoms with Crippen LogP contribution in [-0.4, -0.2) is 47.8 Å². The molecule has 4 nitrogen and oxygen atoms in total. The third-order valence-corrected chi connectivity index (χ3v) is 7.44. The second-order valence-electron chi connectivity index (χ2n) is 8.45. The van der Waals surface area contributed by atoms with Crippen LogP contribution in [0.25, 0.3) is 0 Å². The maximum Gasteiger partial charge on any atom is 0.225 e. The van der Waals surface area contributed by atoms with Crippen molar-refractivity contribution in [2.24, 2.45) is 41.4 Å². The average molecular weight is 314 g/mol. The van der Waals surface area contributed by atoms with E-state index in [0.29, 0.717) is 5.91 Å². The summed E-state index contributed by atoms with van der Waals surface area (Å²) in [6.07, 6.45) is 8.08. The van der Waals surface area contributed by atoms with Crippen molar-refractivity contribution in [1.29, 1.82) is 0 Å². The molecule has 4 aliphatic carbocycles. The number of carbonyl (C=O) groups excluding carboxylic acids is 2. The molecule has 23 heavy (non-hydrogen) atoms. The number of hydrogen-bond acceptors (Lipinski definition) is 2. The Morgan fingerprint density at radius 3 is 1.96 bits per heavy atom. The van der Waals surface area contributed by atoms with Gasteiger partial charge in [-0.15, -0.1) is 0 Å². The van der Waals surface area contributed by atoms with Crippen LogP contribution in [0.2, 0.25) is 0 Å². The molecule has 0 radical (unpaired) electrons. The molecule has 2 aliphatic heterocycles. The lowest BCUT2D eigenvalue weighted by Gasteiger charge is -2.40. The van der Waals surface area contributed by atoms with Crippen molar-refractivity contribution < 1.29 is 9.59 Å². The van der Waals surface area contributed by atoms with E-state index in [4.69, 9.17) is 0 Å². The van der Waals surface area contributed by atoms with Gasteiger partial charge in [-0.3, -0.25) is 9.59 Å². The van der Waals surface area contributed by atoms with Gasteiger partial charge in [0.15, 0.2) is 0 Å². The lowest BCUT2D eigenvalue weighted by atomic mass is 9.64. The van der Waals surface area contributed by atoms with Crippen LogP contribution in [0.4, 0.5) is 0 Å². The van der Waals surface area contributed by atoms with Crippen molar-refractivity contribution in [2.45, 2.75) is 26.2 Å². The van der Waals surface area contributed by atoms with Crippen molar-refractivity contribution in [3.63, 3.8) is 0 Å². The van der Waals surface area contributed by atoms with Crippen molar-refractivity contribution >= 4 is 11.8 Å². The summed E-state index contributed by atoms with van der Waals surface area (Å²) in [5.41, 5.74) is 0. The topological polar surface area (TPSA) is 40.6 Å². The Bertz CT molecular complexity index is 552. The fourth-order valence-corrected chi connectivity index (χ4v) is 6.13. The zero-order chi connectivity index (χ0) is 15.7. The van der Waals surface area contributed by atoms with E-state index < -0.39 is 0 Å². The maximum atomic E-state index is 12.9. The summed E-state index contributed by atoms with van der Waals surface area (Å²) in [5.74, 6) is 5.52. The number of hydrogen-bond donors (Lipinski definition) is 0. The number of carbonyl (C=O) groups is 2. The molecule has 6 rings (SSSR count). The Morgan fingerprint density at radius 1 is 0.870 bits per heavy atom. The van der Waals surface area contributed by atoms with Gasteiger partial charge < -0.3 is 9.80 Å². The highest BCUT2D eigenvalue weighted by Gasteiger charge is 2.61. The number of nitrogens with zero attached hydrogens (tertiary/aromatic N) is 2. The predicted octanol–water partition coefficient (Wildman–Crippen LogP) is 1.77. The molecule has 6 aliphatic rings. The van der Waals surface area contributed by atoms with Gasteiger partial charge in [-0.25, -0.2) is 0 Å². The van der Waals surface area contributed by atoms with Crippen molar-refractivity contribution in [1.82, 2.24) is 9.80 Å². The molecule has 1 unspecified atom stereocenters. The molecule has 6 atom stereocenters.